The highest BCUT2D eigenvalue weighted by molar-refractivity contribution is 7.71. The molecule has 4 nitrogen and oxygen atoms in total. The van der Waals surface area contributed by atoms with Crippen molar-refractivity contribution < 1.29 is 0 Å². The first-order valence-corrected chi connectivity index (χ1v) is 6.55. The summed E-state index contributed by atoms with van der Waals surface area (Å²) in [7, 11) is 0. The van der Waals surface area contributed by atoms with Crippen molar-refractivity contribution in [3.8, 4) is 0 Å². The van der Waals surface area contributed by atoms with Crippen LogP contribution in [-0.2, 0) is 6.54 Å². The van der Waals surface area contributed by atoms with Crippen LogP contribution >= 0.6 is 12.2 Å². The summed E-state index contributed by atoms with van der Waals surface area (Å²) in [5, 5.41) is 7.22. The van der Waals surface area contributed by atoms with Crippen molar-refractivity contribution in [2.45, 2.75) is 46.6 Å². The molecule has 0 radical (unpaired) electrons. The second kappa shape index (κ2) is 6.68. The van der Waals surface area contributed by atoms with Crippen LogP contribution in [0.25, 0.3) is 0 Å². The first kappa shape index (κ1) is 13.2. The van der Waals surface area contributed by atoms with Crippen molar-refractivity contribution in [3.63, 3.8) is 0 Å². The Bertz CT molecular complexity index is 355. The molecule has 1 aromatic heterocycles. The van der Waals surface area contributed by atoms with Gasteiger partial charge in [-0.25, -0.2) is 5.10 Å². The molecular weight excluding hydrogens is 220 g/mol. The molecule has 1 rings (SSSR count). The highest BCUT2D eigenvalue weighted by atomic mass is 32.1. The van der Waals surface area contributed by atoms with Gasteiger partial charge in [0.05, 0.1) is 0 Å². The molecule has 0 unspecified atom stereocenters. The van der Waals surface area contributed by atoms with Crippen molar-refractivity contribution in [2.24, 2.45) is 0 Å². The molecule has 1 N–H and O–H groups in total. The summed E-state index contributed by atoms with van der Waals surface area (Å²) in [6.07, 6.45) is 3.47. The Morgan fingerprint density at radius 1 is 1.31 bits per heavy atom. The van der Waals surface area contributed by atoms with E-state index in [4.69, 9.17) is 12.2 Å². The fourth-order valence-corrected chi connectivity index (χ4v) is 1.94. The lowest BCUT2D eigenvalue weighted by Gasteiger charge is -2.21. The summed E-state index contributed by atoms with van der Waals surface area (Å²) >= 11 is 5.24. The van der Waals surface area contributed by atoms with Crippen LogP contribution in [0, 0.1) is 4.77 Å². The average Bonchev–Trinajstić information content (AvgIpc) is 2.63. The lowest BCUT2D eigenvalue weighted by molar-refractivity contribution is 0.633. The second-order valence-electron chi connectivity index (χ2n) is 3.91. The van der Waals surface area contributed by atoms with Crippen LogP contribution in [0.15, 0.2) is 0 Å². The van der Waals surface area contributed by atoms with Crippen molar-refractivity contribution in [2.75, 3.05) is 18.0 Å². The Balaban J connectivity index is 2.86. The monoisotopic (exact) mass is 242 g/mol. The third kappa shape index (κ3) is 3.07. The normalized spacial score (nSPS) is 10.7. The van der Waals surface area contributed by atoms with Gasteiger partial charge in [-0.15, -0.1) is 5.10 Å². The highest BCUT2D eigenvalue weighted by Gasteiger charge is 2.11. The lowest BCUT2D eigenvalue weighted by atomic mass is 10.3. The molecule has 0 atom stereocenters. The average molecular weight is 242 g/mol. The number of rotatable bonds is 7. The van der Waals surface area contributed by atoms with Gasteiger partial charge in [-0.3, -0.25) is 4.57 Å². The zero-order valence-corrected chi connectivity index (χ0v) is 11.3. The number of nitrogens with one attached hydrogen (secondary N) is 1. The SMILES string of the molecule is CCCCN(CC)c1n[nH]c(=S)n1CCC. The van der Waals surface area contributed by atoms with E-state index < -0.39 is 0 Å². The summed E-state index contributed by atoms with van der Waals surface area (Å²) in [4.78, 5) is 2.28. The van der Waals surface area contributed by atoms with Gasteiger partial charge in [0.15, 0.2) is 4.77 Å². The first-order chi connectivity index (χ1) is 7.74. The predicted octanol–water partition coefficient (Wildman–Crippen LogP) is 2.98. The quantitative estimate of drug-likeness (QED) is 0.747. The third-order valence-corrected chi connectivity index (χ3v) is 2.94. The van der Waals surface area contributed by atoms with Gasteiger partial charge in [0.25, 0.3) is 0 Å². The zero-order valence-electron chi connectivity index (χ0n) is 10.5. The number of unbranched alkanes of at least 4 members (excludes halogenated alkanes) is 1. The van der Waals surface area contributed by atoms with E-state index in [0.29, 0.717) is 0 Å². The summed E-state index contributed by atoms with van der Waals surface area (Å²) in [5.74, 6) is 0.989. The number of nitrogens with zero attached hydrogens (tertiary/aromatic N) is 3. The molecule has 0 fully saturated rings. The van der Waals surface area contributed by atoms with Crippen molar-refractivity contribution in [1.82, 2.24) is 14.8 Å². The number of hydrogen-bond donors (Lipinski definition) is 1. The molecule has 0 aromatic carbocycles. The Labute approximate surface area is 103 Å². The van der Waals surface area contributed by atoms with Crippen molar-refractivity contribution in [3.05, 3.63) is 4.77 Å². The molecule has 5 heteroatoms. The van der Waals surface area contributed by atoms with E-state index in [1.165, 1.54) is 12.8 Å². The van der Waals surface area contributed by atoms with Crippen LogP contribution in [0.4, 0.5) is 5.95 Å². The van der Waals surface area contributed by atoms with Crippen molar-refractivity contribution >= 4 is 18.2 Å². The smallest absolute Gasteiger partial charge is 0.225 e. The minimum atomic E-state index is 0.729. The highest BCUT2D eigenvalue weighted by Crippen LogP contribution is 2.12. The van der Waals surface area contributed by atoms with E-state index >= 15 is 0 Å². The Morgan fingerprint density at radius 2 is 2.06 bits per heavy atom. The Hall–Kier alpha value is -0.840. The summed E-state index contributed by atoms with van der Waals surface area (Å²) in [6.45, 7) is 9.48. The van der Waals surface area contributed by atoms with E-state index in [1.807, 2.05) is 0 Å². The number of aromatic nitrogens is 3. The van der Waals surface area contributed by atoms with Gasteiger partial charge < -0.3 is 4.90 Å². The maximum absolute atomic E-state index is 5.24. The Morgan fingerprint density at radius 3 is 2.62 bits per heavy atom. The number of anilines is 1. The molecule has 0 aliphatic carbocycles. The minimum absolute atomic E-state index is 0.729. The first-order valence-electron chi connectivity index (χ1n) is 6.14. The van der Waals surface area contributed by atoms with Crippen LogP contribution in [0.3, 0.4) is 0 Å². The van der Waals surface area contributed by atoms with Crippen LogP contribution < -0.4 is 4.90 Å². The second-order valence-corrected chi connectivity index (χ2v) is 4.30. The van der Waals surface area contributed by atoms with Gasteiger partial charge in [0.2, 0.25) is 5.95 Å². The van der Waals surface area contributed by atoms with Crippen LogP contribution in [0.5, 0.6) is 0 Å². The van der Waals surface area contributed by atoms with E-state index in [0.717, 1.165) is 36.8 Å². The standard InChI is InChI=1S/C11H22N4S/c1-4-7-9-14(6-3)10-12-13-11(16)15(10)8-5-2/h4-9H2,1-3H3,(H,13,16). The molecule has 0 aliphatic heterocycles. The molecule has 1 heterocycles. The van der Waals surface area contributed by atoms with E-state index in [1.54, 1.807) is 0 Å². The fraction of sp³-hybridized carbons (Fsp3) is 0.818. The zero-order chi connectivity index (χ0) is 12.0. The summed E-state index contributed by atoms with van der Waals surface area (Å²) < 4.78 is 2.82. The summed E-state index contributed by atoms with van der Waals surface area (Å²) in [6, 6.07) is 0. The third-order valence-electron chi connectivity index (χ3n) is 2.63. The van der Waals surface area contributed by atoms with Gasteiger partial charge in [-0.05, 0) is 32.0 Å². The largest absolute Gasteiger partial charge is 0.341 e. The molecule has 0 spiro atoms. The van der Waals surface area contributed by atoms with Gasteiger partial charge in [0.1, 0.15) is 0 Å². The fourth-order valence-electron chi connectivity index (χ4n) is 1.72. The van der Waals surface area contributed by atoms with Crippen LogP contribution in [0.1, 0.15) is 40.0 Å². The molecule has 92 valence electrons. The molecule has 1 aromatic rings. The topological polar surface area (TPSA) is 36.9 Å². The summed E-state index contributed by atoms with van der Waals surface area (Å²) in [5.41, 5.74) is 0. The molecule has 0 bridgehead atoms. The maximum Gasteiger partial charge on any atom is 0.225 e. The maximum atomic E-state index is 5.24. The van der Waals surface area contributed by atoms with E-state index in [9.17, 15) is 0 Å². The van der Waals surface area contributed by atoms with Gasteiger partial charge >= 0.3 is 0 Å². The molecule has 16 heavy (non-hydrogen) atoms. The van der Waals surface area contributed by atoms with Gasteiger partial charge in [-0.2, -0.15) is 0 Å². The van der Waals surface area contributed by atoms with Crippen LogP contribution in [0.2, 0.25) is 0 Å². The molecule has 0 saturated carbocycles. The molecule has 0 amide bonds. The number of aromatic amines is 1. The molecule has 0 saturated heterocycles. The molecular formula is C11H22N4S. The van der Waals surface area contributed by atoms with Gasteiger partial charge in [-0.1, -0.05) is 20.3 Å². The number of hydrogen-bond acceptors (Lipinski definition) is 3. The Kier molecular flexibility index (Phi) is 5.52. The number of H-pyrrole nitrogens is 1. The minimum Gasteiger partial charge on any atom is -0.341 e. The van der Waals surface area contributed by atoms with Gasteiger partial charge in [0, 0.05) is 19.6 Å². The van der Waals surface area contributed by atoms with Crippen molar-refractivity contribution in [1.29, 1.82) is 0 Å². The van der Waals surface area contributed by atoms with E-state index in [2.05, 4.69) is 40.4 Å². The molecule has 0 aliphatic rings. The lowest BCUT2D eigenvalue weighted by Crippen LogP contribution is -2.27. The van der Waals surface area contributed by atoms with E-state index in [-0.39, 0.29) is 0 Å². The van der Waals surface area contributed by atoms with Crippen LogP contribution in [-0.4, -0.2) is 27.9 Å². The predicted molar refractivity (Wildman–Crippen MR) is 70.5 cm³/mol.